The minimum atomic E-state index is -0.278. The van der Waals surface area contributed by atoms with E-state index in [9.17, 15) is 4.79 Å². The third-order valence-electron chi connectivity index (χ3n) is 2.88. The summed E-state index contributed by atoms with van der Waals surface area (Å²) in [6.07, 6.45) is 9.74. The SMILES string of the molecule is C#CCC(OC(=O)c1cccn1C)C1CC1. The van der Waals surface area contributed by atoms with Crippen LogP contribution in [0.1, 0.15) is 29.8 Å². The monoisotopic (exact) mass is 217 g/mol. The Hall–Kier alpha value is -1.69. The van der Waals surface area contributed by atoms with Crippen LogP contribution in [-0.2, 0) is 11.8 Å². The van der Waals surface area contributed by atoms with Crippen molar-refractivity contribution in [3.63, 3.8) is 0 Å². The molecule has 0 saturated heterocycles. The predicted molar refractivity (Wildman–Crippen MR) is 60.8 cm³/mol. The lowest BCUT2D eigenvalue weighted by atomic mass is 10.2. The Balaban J connectivity index is 2.00. The van der Waals surface area contributed by atoms with Gasteiger partial charge >= 0.3 is 5.97 Å². The fraction of sp³-hybridized carbons (Fsp3) is 0.462. The standard InChI is InChI=1S/C13H15NO2/c1-3-5-12(10-7-8-10)16-13(15)11-6-4-9-14(11)2/h1,4,6,9-10,12H,5,7-8H2,2H3. The van der Waals surface area contributed by atoms with Crippen LogP contribution in [0.2, 0.25) is 0 Å². The molecule has 1 heterocycles. The Morgan fingerprint density at radius 3 is 3.00 bits per heavy atom. The van der Waals surface area contributed by atoms with Crippen LogP contribution in [0.5, 0.6) is 0 Å². The van der Waals surface area contributed by atoms with Gasteiger partial charge in [0, 0.05) is 19.7 Å². The molecular formula is C13H15NO2. The van der Waals surface area contributed by atoms with Crippen molar-refractivity contribution in [1.82, 2.24) is 4.57 Å². The second-order valence-corrected chi connectivity index (χ2v) is 4.19. The summed E-state index contributed by atoms with van der Waals surface area (Å²) in [4.78, 5) is 11.8. The van der Waals surface area contributed by atoms with E-state index < -0.39 is 0 Å². The number of carbonyl (C=O) groups is 1. The molecule has 0 radical (unpaired) electrons. The zero-order valence-electron chi connectivity index (χ0n) is 9.35. The first kappa shape index (κ1) is 10.8. The number of rotatable bonds is 4. The molecule has 0 amide bonds. The molecule has 0 N–H and O–H groups in total. The van der Waals surface area contributed by atoms with Gasteiger partial charge in [-0.25, -0.2) is 4.79 Å². The summed E-state index contributed by atoms with van der Waals surface area (Å²) in [6.45, 7) is 0. The molecule has 1 aromatic heterocycles. The fourth-order valence-electron chi connectivity index (χ4n) is 1.76. The van der Waals surface area contributed by atoms with Gasteiger partial charge in [0.2, 0.25) is 0 Å². The smallest absolute Gasteiger partial charge is 0.355 e. The summed E-state index contributed by atoms with van der Waals surface area (Å²) in [5.74, 6) is 2.76. The van der Waals surface area contributed by atoms with E-state index in [1.54, 1.807) is 10.6 Å². The highest BCUT2D eigenvalue weighted by molar-refractivity contribution is 5.87. The van der Waals surface area contributed by atoms with Crippen molar-refractivity contribution < 1.29 is 9.53 Å². The van der Waals surface area contributed by atoms with E-state index in [0.29, 0.717) is 18.0 Å². The highest BCUT2D eigenvalue weighted by Crippen LogP contribution is 2.36. The van der Waals surface area contributed by atoms with Crippen LogP contribution in [-0.4, -0.2) is 16.6 Å². The maximum atomic E-state index is 11.8. The number of nitrogens with zero attached hydrogens (tertiary/aromatic N) is 1. The van der Waals surface area contributed by atoms with Gasteiger partial charge in [-0.2, -0.15) is 0 Å². The average molecular weight is 217 g/mol. The van der Waals surface area contributed by atoms with Gasteiger partial charge in [-0.15, -0.1) is 12.3 Å². The largest absolute Gasteiger partial charge is 0.456 e. The molecule has 1 aromatic rings. The topological polar surface area (TPSA) is 31.2 Å². The second kappa shape index (κ2) is 4.44. The zero-order chi connectivity index (χ0) is 11.5. The van der Waals surface area contributed by atoms with Gasteiger partial charge < -0.3 is 9.30 Å². The molecule has 16 heavy (non-hydrogen) atoms. The van der Waals surface area contributed by atoms with E-state index in [1.807, 2.05) is 19.3 Å². The third-order valence-corrected chi connectivity index (χ3v) is 2.88. The van der Waals surface area contributed by atoms with Gasteiger partial charge in [0.1, 0.15) is 11.8 Å². The highest BCUT2D eigenvalue weighted by atomic mass is 16.5. The average Bonchev–Trinajstić information content (AvgIpc) is 3.00. The number of aryl methyl sites for hydroxylation is 1. The van der Waals surface area contributed by atoms with E-state index in [4.69, 9.17) is 11.2 Å². The van der Waals surface area contributed by atoms with Crippen LogP contribution in [0, 0.1) is 18.3 Å². The number of terminal acetylenes is 1. The lowest BCUT2D eigenvalue weighted by Gasteiger charge is -2.14. The highest BCUT2D eigenvalue weighted by Gasteiger charge is 2.33. The summed E-state index contributed by atoms with van der Waals surface area (Å²) in [7, 11) is 1.82. The van der Waals surface area contributed by atoms with Gasteiger partial charge in [0.15, 0.2) is 0 Å². The summed E-state index contributed by atoms with van der Waals surface area (Å²) in [6, 6.07) is 3.58. The van der Waals surface area contributed by atoms with E-state index in [-0.39, 0.29) is 12.1 Å². The number of hydrogen-bond donors (Lipinski definition) is 0. The van der Waals surface area contributed by atoms with Gasteiger partial charge in [0.25, 0.3) is 0 Å². The molecule has 3 heteroatoms. The molecule has 0 bridgehead atoms. The van der Waals surface area contributed by atoms with Crippen molar-refractivity contribution in [1.29, 1.82) is 0 Å². The quantitative estimate of drug-likeness (QED) is 0.570. The van der Waals surface area contributed by atoms with Crippen molar-refractivity contribution >= 4 is 5.97 Å². The molecule has 1 unspecified atom stereocenters. The minimum absolute atomic E-state index is 0.104. The summed E-state index contributed by atoms with van der Waals surface area (Å²) in [5, 5.41) is 0. The van der Waals surface area contributed by atoms with Crippen LogP contribution in [0.25, 0.3) is 0 Å². The van der Waals surface area contributed by atoms with E-state index in [0.717, 1.165) is 12.8 Å². The number of esters is 1. The molecule has 1 aliphatic carbocycles. The fourth-order valence-corrected chi connectivity index (χ4v) is 1.76. The van der Waals surface area contributed by atoms with Gasteiger partial charge in [-0.05, 0) is 30.9 Å². The third kappa shape index (κ3) is 2.27. The van der Waals surface area contributed by atoms with Crippen molar-refractivity contribution in [2.45, 2.75) is 25.4 Å². The maximum Gasteiger partial charge on any atom is 0.355 e. The molecule has 84 valence electrons. The number of carbonyl (C=O) groups excluding carboxylic acids is 1. The normalized spacial score (nSPS) is 16.5. The van der Waals surface area contributed by atoms with Crippen molar-refractivity contribution in [3.8, 4) is 12.3 Å². The minimum Gasteiger partial charge on any atom is -0.456 e. The van der Waals surface area contributed by atoms with Crippen molar-refractivity contribution in [3.05, 3.63) is 24.0 Å². The molecule has 3 nitrogen and oxygen atoms in total. The molecule has 1 saturated carbocycles. The summed E-state index contributed by atoms with van der Waals surface area (Å²) in [5.41, 5.74) is 0.572. The van der Waals surface area contributed by atoms with Gasteiger partial charge in [-0.1, -0.05) is 0 Å². The summed E-state index contributed by atoms with van der Waals surface area (Å²) < 4.78 is 7.19. The van der Waals surface area contributed by atoms with E-state index >= 15 is 0 Å². The Labute approximate surface area is 95.4 Å². The first-order valence-corrected chi connectivity index (χ1v) is 5.48. The van der Waals surface area contributed by atoms with E-state index in [2.05, 4.69) is 5.92 Å². The second-order valence-electron chi connectivity index (χ2n) is 4.19. The van der Waals surface area contributed by atoms with Crippen LogP contribution < -0.4 is 0 Å². The van der Waals surface area contributed by atoms with Gasteiger partial charge in [0.05, 0.1) is 0 Å². The maximum absolute atomic E-state index is 11.8. The Kier molecular flexibility index (Phi) is 3.00. The molecule has 0 aliphatic heterocycles. The predicted octanol–water partition coefficient (Wildman–Crippen LogP) is 1.98. The molecule has 1 fully saturated rings. The first-order chi connectivity index (χ1) is 7.72. The van der Waals surface area contributed by atoms with Crippen LogP contribution in [0.4, 0.5) is 0 Å². The number of ether oxygens (including phenoxy) is 1. The number of hydrogen-bond acceptors (Lipinski definition) is 2. The van der Waals surface area contributed by atoms with E-state index in [1.165, 1.54) is 0 Å². The Morgan fingerprint density at radius 2 is 2.50 bits per heavy atom. The number of aromatic nitrogens is 1. The lowest BCUT2D eigenvalue weighted by Crippen LogP contribution is -2.21. The first-order valence-electron chi connectivity index (χ1n) is 5.48. The van der Waals surface area contributed by atoms with Crippen LogP contribution in [0.15, 0.2) is 18.3 Å². The van der Waals surface area contributed by atoms with Crippen LogP contribution >= 0.6 is 0 Å². The summed E-state index contributed by atoms with van der Waals surface area (Å²) >= 11 is 0. The molecule has 0 spiro atoms. The molecule has 1 aliphatic rings. The molecular weight excluding hydrogens is 202 g/mol. The Bertz CT molecular complexity index is 423. The molecule has 2 rings (SSSR count). The molecule has 0 aromatic carbocycles. The lowest BCUT2D eigenvalue weighted by molar-refractivity contribution is 0.0250. The van der Waals surface area contributed by atoms with Crippen LogP contribution in [0.3, 0.4) is 0 Å². The van der Waals surface area contributed by atoms with Gasteiger partial charge in [-0.3, -0.25) is 0 Å². The molecule has 1 atom stereocenters. The van der Waals surface area contributed by atoms with Crippen molar-refractivity contribution in [2.24, 2.45) is 13.0 Å². The van der Waals surface area contributed by atoms with Crippen molar-refractivity contribution in [2.75, 3.05) is 0 Å². The Morgan fingerprint density at radius 1 is 1.75 bits per heavy atom. The zero-order valence-corrected chi connectivity index (χ0v) is 9.35.